The summed E-state index contributed by atoms with van der Waals surface area (Å²) in [5.74, 6) is 0.800. The van der Waals surface area contributed by atoms with Crippen LogP contribution in [0.1, 0.15) is 65.1 Å². The van der Waals surface area contributed by atoms with Crippen LogP contribution in [-0.2, 0) is 31.9 Å². The Labute approximate surface area is 418 Å². The van der Waals surface area contributed by atoms with Gasteiger partial charge in [0.05, 0.1) is 36.2 Å². The third-order valence-electron chi connectivity index (χ3n) is 11.8. The van der Waals surface area contributed by atoms with Crippen molar-refractivity contribution in [2.75, 3.05) is 0 Å². The second-order valence-electron chi connectivity index (χ2n) is 20.1. The van der Waals surface area contributed by atoms with Crippen LogP contribution in [0.3, 0.4) is 0 Å². The molecule has 0 amide bonds. The predicted octanol–water partition coefficient (Wildman–Crippen LogP) is 16.0. The molecule has 3 heterocycles. The molecular weight excluding hydrogens is 1010 g/mol. The molecule has 10 aromatic rings. The van der Waals surface area contributed by atoms with Crippen LogP contribution in [0.2, 0.25) is 19.6 Å². The number of para-hydroxylation sites is 3. The number of hydrogen-bond donors (Lipinski definition) is 0. The van der Waals surface area contributed by atoms with Gasteiger partial charge < -0.3 is 14.0 Å². The van der Waals surface area contributed by atoms with Crippen LogP contribution in [0, 0.1) is 24.4 Å². The number of benzene rings is 7. The fraction of sp³-hybridized carbons (Fsp3) is 0.213. The first-order valence-corrected chi connectivity index (χ1v) is 26.2. The Hall–Kier alpha value is -6.17. The van der Waals surface area contributed by atoms with Gasteiger partial charge in [0.25, 0.3) is 0 Å². The smallest absolute Gasteiger partial charge is 0.120 e. The first-order valence-electron chi connectivity index (χ1n) is 25.2. The molecule has 0 N–H and O–H groups in total. The Morgan fingerprint density at radius 3 is 1.97 bits per heavy atom. The van der Waals surface area contributed by atoms with E-state index in [1.807, 2.05) is 51.1 Å². The molecule has 10 rings (SSSR count). The van der Waals surface area contributed by atoms with Gasteiger partial charge in [0, 0.05) is 49.7 Å². The van der Waals surface area contributed by atoms with Gasteiger partial charge in [0.2, 0.25) is 0 Å². The molecule has 0 aliphatic heterocycles. The van der Waals surface area contributed by atoms with Crippen molar-refractivity contribution in [1.29, 1.82) is 0 Å². The zero-order valence-corrected chi connectivity index (χ0v) is 43.1. The molecule has 6 heteroatoms. The Kier molecular flexibility index (Phi) is 11.5. The average molecular weight is 1080 g/mol. The number of furan rings is 1. The van der Waals surface area contributed by atoms with Gasteiger partial charge in [-0.05, 0) is 75.1 Å². The summed E-state index contributed by atoms with van der Waals surface area (Å²) in [6.07, 6.45) is 0.269. The van der Waals surface area contributed by atoms with Gasteiger partial charge in [0.15, 0.2) is 0 Å². The van der Waals surface area contributed by atoms with Gasteiger partial charge in [-0.2, -0.15) is 0 Å². The summed E-state index contributed by atoms with van der Waals surface area (Å²) in [5.41, 5.74) is 12.9. The molecule has 0 saturated heterocycles. The number of imidazole rings is 1. The first-order chi connectivity index (χ1) is 33.5. The molecular formula is C61H59IrN3OSi-2. The van der Waals surface area contributed by atoms with Gasteiger partial charge >= 0.3 is 0 Å². The summed E-state index contributed by atoms with van der Waals surface area (Å²) < 4.78 is 48.9. The van der Waals surface area contributed by atoms with Gasteiger partial charge in [-0.25, -0.2) is 0 Å². The number of rotatable bonds is 7. The van der Waals surface area contributed by atoms with Crippen LogP contribution >= 0.6 is 0 Å². The van der Waals surface area contributed by atoms with E-state index in [0.29, 0.717) is 16.8 Å². The van der Waals surface area contributed by atoms with Crippen molar-refractivity contribution in [1.82, 2.24) is 14.5 Å². The normalized spacial score (nSPS) is 13.5. The average Bonchev–Trinajstić information content (AvgIpc) is 3.92. The Bertz CT molecular complexity index is 3490. The van der Waals surface area contributed by atoms with Crippen LogP contribution in [0.15, 0.2) is 168 Å². The van der Waals surface area contributed by atoms with E-state index in [0.717, 1.165) is 77.5 Å². The molecule has 0 aliphatic rings. The van der Waals surface area contributed by atoms with E-state index in [4.69, 9.17) is 16.3 Å². The molecule has 339 valence electrons. The molecule has 0 aliphatic carbocycles. The third kappa shape index (κ3) is 9.95. The number of pyridine rings is 1. The molecule has 0 bridgehead atoms. The monoisotopic (exact) mass is 1080 g/mol. The van der Waals surface area contributed by atoms with Gasteiger partial charge in [-0.1, -0.05) is 182 Å². The Morgan fingerprint density at radius 1 is 0.716 bits per heavy atom. The molecule has 0 spiro atoms. The molecule has 0 fully saturated rings. The van der Waals surface area contributed by atoms with Crippen molar-refractivity contribution in [3.05, 3.63) is 193 Å². The maximum atomic E-state index is 8.79. The van der Waals surface area contributed by atoms with Crippen molar-refractivity contribution < 1.29 is 31.4 Å². The maximum Gasteiger partial charge on any atom is 0.120 e. The minimum atomic E-state index is -2.17. The molecule has 4 nitrogen and oxygen atoms in total. The topological polar surface area (TPSA) is 43.9 Å². The molecule has 3 aromatic heterocycles. The van der Waals surface area contributed by atoms with Crippen molar-refractivity contribution in [2.45, 2.75) is 79.8 Å². The largest absolute Gasteiger partial charge is 0.501 e. The number of aromatic nitrogens is 3. The van der Waals surface area contributed by atoms with Gasteiger partial charge in [0.1, 0.15) is 5.58 Å². The predicted molar refractivity (Wildman–Crippen MR) is 282 cm³/mol. The molecule has 0 saturated carbocycles. The van der Waals surface area contributed by atoms with Gasteiger partial charge in [-0.15, -0.1) is 53.6 Å². The van der Waals surface area contributed by atoms with Crippen molar-refractivity contribution >= 4 is 46.2 Å². The first kappa shape index (κ1) is 41.0. The van der Waals surface area contributed by atoms with E-state index in [1.54, 1.807) is 18.3 Å². The maximum absolute atomic E-state index is 8.79. The van der Waals surface area contributed by atoms with Crippen LogP contribution in [-0.4, -0.2) is 22.6 Å². The summed E-state index contributed by atoms with van der Waals surface area (Å²) in [7, 11) is -1.81. The number of hydrogen-bond acceptors (Lipinski definition) is 3. The summed E-state index contributed by atoms with van der Waals surface area (Å²) in [6.45, 7) is 16.9. The standard InChI is InChI=1S/C41H31N2O.C20H28NSi.Ir/c1-41(2,3)29-25-33(27-15-6-4-7-16-27)38(34(26-29)28-17-8-5-9-18-28)43-36-23-12-11-22-35(36)42-40(43)32-21-14-20-31-30-19-10-13-24-37(30)44-39(31)32;1-15-8-10-16(11-9-15)18-12-17(13-20(2,3)4)19(14-21-18)22(5,6)7;/h4-20,22-26H,1-3H3;8-10,12,14H,13H2,1-7H3;/q2*-1;/i;1D3,13D2;. The molecule has 1 radical (unpaired) electrons. The fourth-order valence-corrected chi connectivity index (χ4v) is 9.95. The zero-order valence-electron chi connectivity index (χ0n) is 44.7. The van der Waals surface area contributed by atoms with E-state index in [1.165, 1.54) is 11.6 Å². The second kappa shape index (κ2) is 18.8. The Balaban J connectivity index is 0.000000214. The quantitative estimate of drug-likeness (QED) is 0.118. The van der Waals surface area contributed by atoms with Crippen molar-refractivity contribution in [3.63, 3.8) is 0 Å². The molecule has 0 atom stereocenters. The van der Waals surface area contributed by atoms with Crippen LogP contribution in [0.4, 0.5) is 0 Å². The summed E-state index contributed by atoms with van der Waals surface area (Å²) in [5, 5.41) is 3.15. The minimum absolute atomic E-state index is 0. The van der Waals surface area contributed by atoms with Crippen molar-refractivity contribution in [3.8, 4) is 50.6 Å². The zero-order chi connectivity index (χ0) is 50.7. The fourth-order valence-electron chi connectivity index (χ4n) is 8.55. The third-order valence-corrected chi connectivity index (χ3v) is 13.8. The van der Waals surface area contributed by atoms with Crippen LogP contribution in [0.5, 0.6) is 0 Å². The summed E-state index contributed by atoms with van der Waals surface area (Å²) in [4.78, 5) is 9.85. The Morgan fingerprint density at radius 2 is 1.36 bits per heavy atom. The van der Waals surface area contributed by atoms with E-state index < -0.39 is 26.7 Å². The number of nitrogens with zero attached hydrogens (tertiary/aromatic N) is 3. The van der Waals surface area contributed by atoms with E-state index >= 15 is 0 Å². The molecule has 0 unspecified atom stereocenters. The van der Waals surface area contributed by atoms with E-state index in [-0.39, 0.29) is 31.1 Å². The number of aryl methyl sites for hydroxylation is 1. The summed E-state index contributed by atoms with van der Waals surface area (Å²) in [6, 6.07) is 59.8. The summed E-state index contributed by atoms with van der Waals surface area (Å²) >= 11 is 0. The SMILES string of the molecule is CC(C)(C)c1cc(-c2ccccc2)c(-n2c(-c3[c-]ccc4c3oc3ccccc34)nc3ccccc32)c(-c2ccccc2)c1.[2H]C([2H])([2H])c1c[c-]c(-c2cc(C([2H])([2H])C(C)(C)C)c([Si](C)(C)C)cn2)cc1.[Ir]. The van der Waals surface area contributed by atoms with Crippen molar-refractivity contribution in [2.24, 2.45) is 5.41 Å². The van der Waals surface area contributed by atoms with E-state index in [9.17, 15) is 0 Å². The van der Waals surface area contributed by atoms with E-state index in [2.05, 4.69) is 171 Å². The van der Waals surface area contributed by atoms with Crippen LogP contribution in [0.25, 0.3) is 83.6 Å². The second-order valence-corrected chi connectivity index (χ2v) is 25.1. The van der Waals surface area contributed by atoms with Gasteiger partial charge in [-0.3, -0.25) is 4.98 Å². The number of fused-ring (bicyclic) bond motifs is 4. The molecule has 7 aromatic carbocycles. The van der Waals surface area contributed by atoms with Crippen LogP contribution < -0.4 is 5.19 Å². The molecule has 67 heavy (non-hydrogen) atoms. The minimum Gasteiger partial charge on any atom is -0.501 e.